The number of guanidine groups is 2. The van der Waals surface area contributed by atoms with Gasteiger partial charge in [0.2, 0.25) is 0 Å². The summed E-state index contributed by atoms with van der Waals surface area (Å²) in [5.41, 5.74) is 34.2. The predicted molar refractivity (Wildman–Crippen MR) is 192 cm³/mol. The molecule has 284 valence electrons. The lowest BCUT2D eigenvalue weighted by atomic mass is 9.91. The Morgan fingerprint density at radius 1 is 0.608 bits per heavy atom. The zero-order valence-corrected chi connectivity index (χ0v) is 29.0. The van der Waals surface area contributed by atoms with E-state index in [0.717, 1.165) is 11.1 Å². The second-order valence-electron chi connectivity index (χ2n) is 11.3. The second kappa shape index (κ2) is 25.1. The number of aliphatic carboxylic acids is 2. The molecule has 0 spiro atoms. The average Bonchev–Trinajstić information content (AvgIpc) is 3.04. The first-order valence-corrected chi connectivity index (χ1v) is 17.1. The van der Waals surface area contributed by atoms with Crippen molar-refractivity contribution in [3.63, 3.8) is 0 Å². The molecule has 0 saturated carbocycles. The van der Waals surface area contributed by atoms with E-state index in [1.54, 1.807) is 0 Å². The van der Waals surface area contributed by atoms with Crippen molar-refractivity contribution >= 4 is 45.8 Å². The highest BCUT2D eigenvalue weighted by atomic mass is 32.3. The monoisotopic (exact) mass is 738 g/mol. The van der Waals surface area contributed by atoms with Crippen LogP contribution < -0.4 is 34.4 Å². The SMILES string of the molecule is NC(N)=NCCC[C@@H](N)C(=O)C[C@H](Cc1ccccc1)C(=O)O.NC(N)=NCCC[C@@H](N)C(=O)C[C@H](Cc1ccccc1)C(=O)O.O=S(=O)(O)O. The summed E-state index contributed by atoms with van der Waals surface area (Å²) in [5.74, 6) is -4.03. The largest absolute Gasteiger partial charge is 0.481 e. The number of carbonyl (C=O) groups is 4. The number of carbonyl (C=O) groups excluding carboxylic acids is 2. The molecule has 0 saturated heterocycles. The summed E-state index contributed by atoms with van der Waals surface area (Å²) in [6.45, 7) is 0.797. The van der Waals surface area contributed by atoms with Crippen molar-refractivity contribution < 1.29 is 46.9 Å². The number of nitrogens with zero attached hydrogens (tertiary/aromatic N) is 2. The minimum atomic E-state index is -4.67. The maximum absolute atomic E-state index is 12.1. The summed E-state index contributed by atoms with van der Waals surface area (Å²) in [6, 6.07) is 17.1. The molecule has 51 heavy (non-hydrogen) atoms. The van der Waals surface area contributed by atoms with Gasteiger partial charge in [-0.15, -0.1) is 0 Å². The lowest BCUT2D eigenvalue weighted by Crippen LogP contribution is -2.34. The first-order chi connectivity index (χ1) is 23.8. The van der Waals surface area contributed by atoms with Crippen molar-refractivity contribution in [1.29, 1.82) is 0 Å². The molecule has 0 amide bonds. The fraction of sp³-hybridized carbons (Fsp3) is 0.438. The number of benzene rings is 2. The summed E-state index contributed by atoms with van der Waals surface area (Å²) < 4.78 is 31.6. The quantitative estimate of drug-likeness (QED) is 0.0366. The number of ketones is 2. The van der Waals surface area contributed by atoms with Crippen molar-refractivity contribution in [2.45, 2.75) is 63.5 Å². The van der Waals surface area contributed by atoms with Gasteiger partial charge >= 0.3 is 22.3 Å². The molecule has 0 heterocycles. The van der Waals surface area contributed by atoms with E-state index in [4.69, 9.17) is 51.9 Å². The van der Waals surface area contributed by atoms with Crippen LogP contribution in [0.25, 0.3) is 0 Å². The smallest absolute Gasteiger partial charge is 0.394 e. The van der Waals surface area contributed by atoms with Crippen molar-refractivity contribution in [3.05, 3.63) is 71.8 Å². The molecule has 0 aliphatic carbocycles. The van der Waals surface area contributed by atoms with E-state index in [0.29, 0.717) is 51.6 Å². The van der Waals surface area contributed by atoms with E-state index in [-0.39, 0.29) is 36.3 Å². The van der Waals surface area contributed by atoms with Gasteiger partial charge in [0.25, 0.3) is 0 Å². The molecule has 19 heteroatoms. The lowest BCUT2D eigenvalue weighted by Gasteiger charge is -2.15. The van der Waals surface area contributed by atoms with Crippen LogP contribution in [0.2, 0.25) is 0 Å². The number of hydrogen-bond acceptors (Lipinski definition) is 10. The van der Waals surface area contributed by atoms with Gasteiger partial charge in [0.15, 0.2) is 11.9 Å². The Labute approximate surface area is 296 Å². The summed E-state index contributed by atoms with van der Waals surface area (Å²) in [6.07, 6.45) is 2.45. The van der Waals surface area contributed by atoms with Crippen LogP contribution in [0.15, 0.2) is 70.6 Å². The number of nitrogens with two attached hydrogens (primary N) is 6. The van der Waals surface area contributed by atoms with E-state index >= 15 is 0 Å². The highest BCUT2D eigenvalue weighted by molar-refractivity contribution is 7.79. The first kappa shape index (κ1) is 46.0. The van der Waals surface area contributed by atoms with Gasteiger partial charge in [-0.3, -0.25) is 38.3 Å². The van der Waals surface area contributed by atoms with Crippen LogP contribution in [0.5, 0.6) is 0 Å². The summed E-state index contributed by atoms with van der Waals surface area (Å²) in [5, 5.41) is 18.6. The molecule has 2 aromatic carbocycles. The summed E-state index contributed by atoms with van der Waals surface area (Å²) >= 11 is 0. The molecule has 0 radical (unpaired) electrons. The van der Waals surface area contributed by atoms with Gasteiger partial charge in [-0.2, -0.15) is 8.42 Å². The van der Waals surface area contributed by atoms with Crippen molar-refractivity contribution in [2.75, 3.05) is 13.1 Å². The zero-order chi connectivity index (χ0) is 39.0. The molecule has 0 aliphatic heterocycles. The van der Waals surface area contributed by atoms with Crippen LogP contribution in [0.3, 0.4) is 0 Å². The van der Waals surface area contributed by atoms with Gasteiger partial charge < -0.3 is 44.6 Å². The molecule has 0 fully saturated rings. The van der Waals surface area contributed by atoms with Gasteiger partial charge in [0, 0.05) is 25.9 Å². The lowest BCUT2D eigenvalue weighted by molar-refractivity contribution is -0.144. The molecule has 0 aromatic heterocycles. The third kappa shape index (κ3) is 25.7. The van der Waals surface area contributed by atoms with E-state index in [1.165, 1.54) is 0 Å². The maximum atomic E-state index is 12.1. The van der Waals surface area contributed by atoms with E-state index in [9.17, 15) is 29.4 Å². The van der Waals surface area contributed by atoms with Crippen LogP contribution in [0.4, 0.5) is 0 Å². The van der Waals surface area contributed by atoms with Crippen LogP contribution in [-0.4, -0.2) is 88.3 Å². The molecule has 0 bridgehead atoms. The highest BCUT2D eigenvalue weighted by Gasteiger charge is 2.25. The van der Waals surface area contributed by atoms with Crippen LogP contribution in [-0.2, 0) is 42.4 Å². The molecular weight excluding hydrogens is 688 g/mol. The summed E-state index contributed by atoms with van der Waals surface area (Å²) in [4.78, 5) is 54.5. The average molecular weight is 739 g/mol. The van der Waals surface area contributed by atoms with Gasteiger partial charge in [0.1, 0.15) is 11.6 Å². The van der Waals surface area contributed by atoms with Gasteiger partial charge in [-0.05, 0) is 49.7 Å². The molecule has 0 aliphatic rings. The Morgan fingerprint density at radius 2 is 0.902 bits per heavy atom. The Balaban J connectivity index is 0.000000865. The van der Waals surface area contributed by atoms with Gasteiger partial charge in [-0.25, -0.2) is 0 Å². The third-order valence-electron chi connectivity index (χ3n) is 7.01. The minimum absolute atomic E-state index is 0.00120. The predicted octanol–water partition coefficient (Wildman–Crippen LogP) is -0.113. The Bertz CT molecular complexity index is 1410. The van der Waals surface area contributed by atoms with Crippen molar-refractivity contribution in [1.82, 2.24) is 0 Å². The van der Waals surface area contributed by atoms with Crippen LogP contribution >= 0.6 is 0 Å². The van der Waals surface area contributed by atoms with Crippen molar-refractivity contribution in [3.8, 4) is 0 Å². The fourth-order valence-electron chi connectivity index (χ4n) is 4.44. The normalized spacial score (nSPS) is 12.9. The van der Waals surface area contributed by atoms with Crippen LogP contribution in [0, 0.1) is 11.8 Å². The number of Topliss-reactive ketones (excluding diaryl/α,β-unsaturated/α-hetero) is 2. The van der Waals surface area contributed by atoms with Gasteiger partial charge in [-0.1, -0.05) is 60.7 Å². The Kier molecular flexibility index (Phi) is 22.6. The van der Waals surface area contributed by atoms with Gasteiger partial charge in [0.05, 0.1) is 23.9 Å². The summed E-state index contributed by atoms with van der Waals surface area (Å²) in [7, 11) is -4.67. The maximum Gasteiger partial charge on any atom is 0.394 e. The number of hydrogen-bond donors (Lipinski definition) is 10. The fourth-order valence-corrected chi connectivity index (χ4v) is 4.44. The van der Waals surface area contributed by atoms with Crippen molar-refractivity contribution in [2.24, 2.45) is 56.2 Å². The molecular formula is C32H50N8O10S. The highest BCUT2D eigenvalue weighted by Crippen LogP contribution is 2.16. The molecule has 18 nitrogen and oxygen atoms in total. The molecule has 2 aromatic rings. The number of carboxylic acids is 2. The number of rotatable bonds is 20. The van der Waals surface area contributed by atoms with Crippen LogP contribution in [0.1, 0.15) is 49.7 Å². The second-order valence-corrected chi connectivity index (χ2v) is 12.2. The zero-order valence-electron chi connectivity index (χ0n) is 28.2. The third-order valence-corrected chi connectivity index (χ3v) is 7.01. The Morgan fingerprint density at radius 3 is 1.16 bits per heavy atom. The van der Waals surface area contributed by atoms with E-state index in [1.807, 2.05) is 60.7 Å². The topological polar surface area (TPSA) is 364 Å². The first-order valence-electron chi connectivity index (χ1n) is 15.7. The number of aliphatic imine (C=N–C) groups is 2. The standard InChI is InChI=1S/2C16H24N4O3.H2O4S/c2*17-13(7-4-8-20-16(18)19)14(21)10-12(15(22)23)9-11-5-2-1-3-6-11;1-5(2,3)4/h2*1-3,5-6,12-13H,4,7-10,17H2,(H,22,23)(H4,18,19,20);(H2,1,2,3,4)/t2*12-,13+;/m00./s1. The molecule has 4 atom stereocenters. The Hall–Kier alpha value is -4.95. The number of carboxylic acid groups (broad SMARTS) is 2. The van der Waals surface area contributed by atoms with E-state index in [2.05, 4.69) is 9.98 Å². The molecule has 16 N–H and O–H groups in total. The minimum Gasteiger partial charge on any atom is -0.481 e. The molecule has 2 rings (SSSR count). The van der Waals surface area contributed by atoms with E-state index < -0.39 is 46.3 Å². The molecule has 0 unspecified atom stereocenters.